The van der Waals surface area contributed by atoms with Crippen LogP contribution in [0.15, 0.2) is 30.3 Å². The average molecular weight is 311 g/mol. The zero-order valence-corrected chi connectivity index (χ0v) is 13.4. The molecule has 0 spiro atoms. The molecule has 1 aromatic carbocycles. The molecule has 0 N–H and O–H groups in total. The number of fused-ring (bicyclic) bond motifs is 1. The lowest BCUT2D eigenvalue weighted by Crippen LogP contribution is -2.52. The molecule has 6 heteroatoms. The maximum absolute atomic E-state index is 12.8. The lowest BCUT2D eigenvalue weighted by molar-refractivity contribution is 0.0565. The summed E-state index contributed by atoms with van der Waals surface area (Å²) in [6.45, 7) is 5.66. The number of hydrogen-bond donors (Lipinski definition) is 0. The van der Waals surface area contributed by atoms with E-state index in [1.165, 1.54) is 19.4 Å². The molecular weight excluding hydrogens is 290 g/mol. The summed E-state index contributed by atoms with van der Waals surface area (Å²) in [5, 5.41) is 8.34. The highest BCUT2D eigenvalue weighted by Gasteiger charge is 2.34. The molecule has 0 saturated carbocycles. The quantitative estimate of drug-likeness (QED) is 0.843. The van der Waals surface area contributed by atoms with Gasteiger partial charge in [0.2, 0.25) is 0 Å². The number of hydrogen-bond acceptors (Lipinski definition) is 4. The van der Waals surface area contributed by atoms with Crippen LogP contribution >= 0.6 is 0 Å². The number of carbonyl (C=O) groups is 1. The van der Waals surface area contributed by atoms with Crippen LogP contribution in [0.1, 0.15) is 29.0 Å². The zero-order valence-electron chi connectivity index (χ0n) is 13.4. The SMILES string of the molecule is Cc1c(C(=O)N2CCN3CCCC3C2)nnn1-c1ccccc1. The Balaban J connectivity index is 1.56. The molecule has 2 aliphatic rings. The standard InChI is InChI=1S/C17H21N5O/c1-13-16(18-19-22(13)14-6-3-2-4-7-14)17(23)21-11-10-20-9-5-8-15(20)12-21/h2-4,6-7,15H,5,8-12H2,1H3. The van der Waals surface area contributed by atoms with Crippen LogP contribution in [0.2, 0.25) is 0 Å². The summed E-state index contributed by atoms with van der Waals surface area (Å²) in [5.74, 6) is 0.0104. The number of carbonyl (C=O) groups excluding carboxylic acids is 1. The van der Waals surface area contributed by atoms with E-state index >= 15 is 0 Å². The van der Waals surface area contributed by atoms with Crippen molar-refractivity contribution in [2.75, 3.05) is 26.2 Å². The Morgan fingerprint density at radius 3 is 2.83 bits per heavy atom. The summed E-state index contributed by atoms with van der Waals surface area (Å²) in [4.78, 5) is 17.3. The highest BCUT2D eigenvalue weighted by Crippen LogP contribution is 2.23. The van der Waals surface area contributed by atoms with Gasteiger partial charge in [0.25, 0.3) is 5.91 Å². The van der Waals surface area contributed by atoms with E-state index in [4.69, 9.17) is 0 Å². The summed E-state index contributed by atoms with van der Waals surface area (Å²) in [5.41, 5.74) is 2.20. The normalized spacial score (nSPS) is 21.4. The third-order valence-electron chi connectivity index (χ3n) is 4.97. The van der Waals surface area contributed by atoms with Gasteiger partial charge in [-0.2, -0.15) is 0 Å². The van der Waals surface area contributed by atoms with E-state index in [2.05, 4.69) is 15.2 Å². The Labute approximate surface area is 135 Å². The van der Waals surface area contributed by atoms with E-state index in [0.717, 1.165) is 31.0 Å². The molecule has 2 aromatic rings. The molecule has 2 fully saturated rings. The molecule has 120 valence electrons. The Morgan fingerprint density at radius 2 is 2.00 bits per heavy atom. The third-order valence-corrected chi connectivity index (χ3v) is 4.97. The molecule has 1 aromatic heterocycles. The van der Waals surface area contributed by atoms with Gasteiger partial charge in [-0.1, -0.05) is 23.4 Å². The topological polar surface area (TPSA) is 54.3 Å². The first-order valence-corrected chi connectivity index (χ1v) is 8.25. The van der Waals surface area contributed by atoms with Crippen molar-refractivity contribution in [3.63, 3.8) is 0 Å². The summed E-state index contributed by atoms with van der Waals surface area (Å²) in [6, 6.07) is 10.3. The molecule has 0 radical (unpaired) electrons. The van der Waals surface area contributed by atoms with Crippen LogP contribution in [0.4, 0.5) is 0 Å². The fraction of sp³-hybridized carbons (Fsp3) is 0.471. The predicted octanol–water partition coefficient (Wildman–Crippen LogP) is 1.50. The van der Waals surface area contributed by atoms with Crippen LogP contribution in [-0.2, 0) is 0 Å². The first-order valence-electron chi connectivity index (χ1n) is 8.25. The first kappa shape index (κ1) is 14.4. The van der Waals surface area contributed by atoms with E-state index in [-0.39, 0.29) is 5.91 Å². The summed E-state index contributed by atoms with van der Waals surface area (Å²) in [6.07, 6.45) is 2.44. The van der Waals surface area contributed by atoms with Gasteiger partial charge in [0.1, 0.15) is 0 Å². The van der Waals surface area contributed by atoms with Gasteiger partial charge in [0.05, 0.1) is 11.4 Å². The summed E-state index contributed by atoms with van der Waals surface area (Å²) < 4.78 is 1.74. The maximum atomic E-state index is 12.8. The van der Waals surface area contributed by atoms with E-state index in [1.54, 1.807) is 4.68 Å². The third kappa shape index (κ3) is 2.53. The van der Waals surface area contributed by atoms with Crippen LogP contribution in [0.5, 0.6) is 0 Å². The van der Waals surface area contributed by atoms with E-state index < -0.39 is 0 Å². The van der Waals surface area contributed by atoms with Gasteiger partial charge in [0.15, 0.2) is 5.69 Å². The largest absolute Gasteiger partial charge is 0.334 e. The molecular formula is C17H21N5O. The van der Waals surface area contributed by atoms with Crippen molar-refractivity contribution >= 4 is 5.91 Å². The van der Waals surface area contributed by atoms with Crippen LogP contribution in [0.3, 0.4) is 0 Å². The maximum Gasteiger partial charge on any atom is 0.276 e. The van der Waals surface area contributed by atoms with Gasteiger partial charge >= 0.3 is 0 Å². The molecule has 4 rings (SSSR count). The highest BCUT2D eigenvalue weighted by atomic mass is 16.2. The van der Waals surface area contributed by atoms with Crippen molar-refractivity contribution in [3.05, 3.63) is 41.7 Å². The van der Waals surface area contributed by atoms with E-state index in [0.29, 0.717) is 11.7 Å². The van der Waals surface area contributed by atoms with Gasteiger partial charge < -0.3 is 4.90 Å². The molecule has 0 bridgehead atoms. The molecule has 1 atom stereocenters. The van der Waals surface area contributed by atoms with Crippen molar-refractivity contribution in [2.24, 2.45) is 0 Å². The van der Waals surface area contributed by atoms with Crippen molar-refractivity contribution < 1.29 is 4.79 Å². The lowest BCUT2D eigenvalue weighted by Gasteiger charge is -2.37. The van der Waals surface area contributed by atoms with Gasteiger partial charge in [-0.25, -0.2) is 4.68 Å². The number of para-hydroxylation sites is 1. The molecule has 23 heavy (non-hydrogen) atoms. The minimum atomic E-state index is 0.0104. The minimum Gasteiger partial charge on any atom is -0.334 e. The van der Waals surface area contributed by atoms with E-state index in [1.807, 2.05) is 42.2 Å². The number of nitrogens with zero attached hydrogens (tertiary/aromatic N) is 5. The molecule has 6 nitrogen and oxygen atoms in total. The van der Waals surface area contributed by atoms with Crippen molar-refractivity contribution in [1.82, 2.24) is 24.8 Å². The van der Waals surface area contributed by atoms with Crippen molar-refractivity contribution in [1.29, 1.82) is 0 Å². The Bertz CT molecular complexity index is 711. The number of benzene rings is 1. The second-order valence-electron chi connectivity index (χ2n) is 6.35. The average Bonchev–Trinajstić information content (AvgIpc) is 3.20. The zero-order chi connectivity index (χ0) is 15.8. The summed E-state index contributed by atoms with van der Waals surface area (Å²) >= 11 is 0. The van der Waals surface area contributed by atoms with Crippen molar-refractivity contribution in [3.8, 4) is 5.69 Å². The highest BCUT2D eigenvalue weighted by molar-refractivity contribution is 5.93. The predicted molar refractivity (Wildman–Crippen MR) is 86.6 cm³/mol. The number of aromatic nitrogens is 3. The second kappa shape index (κ2) is 5.77. The Hall–Kier alpha value is -2.21. The Morgan fingerprint density at radius 1 is 1.17 bits per heavy atom. The van der Waals surface area contributed by atoms with E-state index in [9.17, 15) is 4.79 Å². The van der Waals surface area contributed by atoms with Crippen LogP contribution in [0.25, 0.3) is 5.69 Å². The van der Waals surface area contributed by atoms with Gasteiger partial charge in [-0.15, -0.1) is 5.10 Å². The van der Waals surface area contributed by atoms with Crippen LogP contribution in [0, 0.1) is 6.92 Å². The fourth-order valence-electron chi connectivity index (χ4n) is 3.67. The van der Waals surface area contributed by atoms with Gasteiger partial charge in [-0.3, -0.25) is 9.69 Å². The molecule has 1 amide bonds. The first-order chi connectivity index (χ1) is 11.2. The van der Waals surface area contributed by atoms with Gasteiger partial charge in [0, 0.05) is 25.7 Å². The smallest absolute Gasteiger partial charge is 0.276 e. The molecule has 1 unspecified atom stereocenters. The molecule has 2 aliphatic heterocycles. The molecule has 2 saturated heterocycles. The lowest BCUT2D eigenvalue weighted by atomic mass is 10.1. The van der Waals surface area contributed by atoms with Crippen LogP contribution < -0.4 is 0 Å². The number of amides is 1. The van der Waals surface area contributed by atoms with Crippen molar-refractivity contribution in [2.45, 2.75) is 25.8 Å². The minimum absolute atomic E-state index is 0.0104. The van der Waals surface area contributed by atoms with Crippen LogP contribution in [-0.4, -0.2) is 62.9 Å². The number of rotatable bonds is 2. The van der Waals surface area contributed by atoms with Gasteiger partial charge in [-0.05, 0) is 38.4 Å². The fourth-order valence-corrected chi connectivity index (χ4v) is 3.67. The Kier molecular flexibility index (Phi) is 3.61. The summed E-state index contributed by atoms with van der Waals surface area (Å²) in [7, 11) is 0. The monoisotopic (exact) mass is 311 g/mol. The molecule has 0 aliphatic carbocycles. The second-order valence-corrected chi connectivity index (χ2v) is 6.35. The number of piperazine rings is 1. The molecule has 3 heterocycles.